The van der Waals surface area contributed by atoms with Crippen LogP contribution in [0.3, 0.4) is 0 Å². The summed E-state index contributed by atoms with van der Waals surface area (Å²) in [7, 11) is 0. The number of benzene rings is 2. The number of halogens is 1. The van der Waals surface area contributed by atoms with Crippen LogP contribution in [0.2, 0.25) is 0 Å². The minimum absolute atomic E-state index is 0. The Hall–Kier alpha value is -1.36. The molecule has 22 heavy (non-hydrogen) atoms. The van der Waals surface area contributed by atoms with Crippen molar-refractivity contribution in [1.29, 1.82) is 0 Å². The van der Waals surface area contributed by atoms with Crippen molar-refractivity contribution in [2.45, 2.75) is 24.3 Å². The molecule has 1 aliphatic heterocycles. The number of hydrogen-bond acceptors (Lipinski definition) is 3. The molecule has 0 saturated carbocycles. The summed E-state index contributed by atoms with van der Waals surface area (Å²) in [5, 5.41) is 0. The van der Waals surface area contributed by atoms with Crippen LogP contribution in [-0.2, 0) is 13.0 Å². The summed E-state index contributed by atoms with van der Waals surface area (Å²) >= 11 is 1.81. The van der Waals surface area contributed by atoms with E-state index in [1.54, 1.807) is 0 Å². The van der Waals surface area contributed by atoms with Gasteiger partial charge in [-0.05, 0) is 60.5 Å². The van der Waals surface area contributed by atoms with E-state index in [2.05, 4.69) is 29.2 Å². The normalized spacial score (nSPS) is 14.2. The van der Waals surface area contributed by atoms with E-state index in [0.717, 1.165) is 30.3 Å². The lowest BCUT2D eigenvalue weighted by Gasteiger charge is -2.28. The monoisotopic (exact) mass is 318 g/mol. The standard InChI is InChI=1S/C18H20FNS.H3N/c19-17-6-8-18(9-7-17)21-13-3-11-20-12-10-15-4-1-2-5-16(15)14-20;/h1-2,4-9H,3,10-14H2;1H3. The first-order valence-electron chi connectivity index (χ1n) is 7.49. The highest BCUT2D eigenvalue weighted by atomic mass is 32.2. The van der Waals surface area contributed by atoms with Crippen LogP contribution in [0.4, 0.5) is 4.39 Å². The van der Waals surface area contributed by atoms with Gasteiger partial charge in [-0.1, -0.05) is 24.3 Å². The number of hydrogen-bond donors (Lipinski definition) is 1. The molecule has 2 aromatic carbocycles. The van der Waals surface area contributed by atoms with Gasteiger partial charge in [-0.3, -0.25) is 4.90 Å². The zero-order valence-corrected chi connectivity index (χ0v) is 13.6. The second kappa shape index (κ2) is 8.32. The molecular weight excluding hydrogens is 295 g/mol. The zero-order chi connectivity index (χ0) is 14.5. The van der Waals surface area contributed by atoms with E-state index in [4.69, 9.17) is 0 Å². The van der Waals surface area contributed by atoms with Crippen LogP contribution in [0.15, 0.2) is 53.4 Å². The Morgan fingerprint density at radius 2 is 1.73 bits per heavy atom. The molecular formula is C18H23FN2S. The fraction of sp³-hybridized carbons (Fsp3) is 0.333. The first kappa shape index (κ1) is 17.0. The molecule has 0 unspecified atom stereocenters. The van der Waals surface area contributed by atoms with E-state index in [1.807, 2.05) is 23.9 Å². The minimum Gasteiger partial charge on any atom is -0.344 e. The van der Waals surface area contributed by atoms with E-state index < -0.39 is 0 Å². The van der Waals surface area contributed by atoms with Crippen LogP contribution >= 0.6 is 11.8 Å². The quantitative estimate of drug-likeness (QED) is 0.650. The highest BCUT2D eigenvalue weighted by Gasteiger charge is 2.14. The molecule has 1 aliphatic rings. The van der Waals surface area contributed by atoms with Crippen LogP contribution in [0.1, 0.15) is 17.5 Å². The fourth-order valence-corrected chi connectivity index (χ4v) is 3.59. The van der Waals surface area contributed by atoms with Crippen molar-refractivity contribution in [3.05, 3.63) is 65.5 Å². The van der Waals surface area contributed by atoms with Crippen molar-refractivity contribution in [3.8, 4) is 0 Å². The lowest BCUT2D eigenvalue weighted by atomic mass is 10.00. The van der Waals surface area contributed by atoms with Gasteiger partial charge in [0.05, 0.1) is 0 Å². The summed E-state index contributed by atoms with van der Waals surface area (Å²) in [5.74, 6) is 0.926. The molecule has 4 heteroatoms. The lowest BCUT2D eigenvalue weighted by Crippen LogP contribution is -2.31. The Morgan fingerprint density at radius 1 is 1.00 bits per heavy atom. The van der Waals surface area contributed by atoms with Crippen molar-refractivity contribution in [2.24, 2.45) is 0 Å². The molecule has 0 bridgehead atoms. The van der Waals surface area contributed by atoms with E-state index in [-0.39, 0.29) is 12.0 Å². The van der Waals surface area contributed by atoms with Gasteiger partial charge in [0.1, 0.15) is 5.82 Å². The summed E-state index contributed by atoms with van der Waals surface area (Å²) < 4.78 is 12.8. The number of rotatable bonds is 5. The van der Waals surface area contributed by atoms with Crippen LogP contribution in [-0.4, -0.2) is 23.7 Å². The minimum atomic E-state index is -0.161. The van der Waals surface area contributed by atoms with E-state index in [0.29, 0.717) is 0 Å². The van der Waals surface area contributed by atoms with Gasteiger partial charge in [-0.15, -0.1) is 11.8 Å². The second-order valence-electron chi connectivity index (χ2n) is 5.45. The molecule has 118 valence electrons. The largest absolute Gasteiger partial charge is 0.344 e. The zero-order valence-electron chi connectivity index (χ0n) is 12.8. The maximum atomic E-state index is 12.8. The van der Waals surface area contributed by atoms with Gasteiger partial charge in [0, 0.05) is 18.0 Å². The molecule has 0 aliphatic carbocycles. The van der Waals surface area contributed by atoms with Gasteiger partial charge in [0.2, 0.25) is 0 Å². The molecule has 0 amide bonds. The summed E-state index contributed by atoms with van der Waals surface area (Å²) in [6.45, 7) is 3.39. The van der Waals surface area contributed by atoms with Crippen molar-refractivity contribution in [3.63, 3.8) is 0 Å². The molecule has 0 atom stereocenters. The van der Waals surface area contributed by atoms with Crippen LogP contribution in [0.5, 0.6) is 0 Å². The molecule has 0 saturated heterocycles. The predicted molar refractivity (Wildman–Crippen MR) is 92.2 cm³/mol. The van der Waals surface area contributed by atoms with Crippen LogP contribution < -0.4 is 6.15 Å². The maximum absolute atomic E-state index is 12.8. The predicted octanol–water partition coefficient (Wildman–Crippen LogP) is 4.53. The molecule has 0 radical (unpaired) electrons. The van der Waals surface area contributed by atoms with E-state index in [1.165, 1.54) is 36.1 Å². The average Bonchev–Trinajstić information content (AvgIpc) is 2.53. The lowest BCUT2D eigenvalue weighted by molar-refractivity contribution is 0.255. The van der Waals surface area contributed by atoms with Gasteiger partial charge in [0.15, 0.2) is 0 Å². The third-order valence-electron chi connectivity index (χ3n) is 3.91. The fourth-order valence-electron chi connectivity index (χ4n) is 2.75. The first-order chi connectivity index (χ1) is 10.3. The molecule has 2 aromatic rings. The Morgan fingerprint density at radius 3 is 2.50 bits per heavy atom. The summed E-state index contributed by atoms with van der Waals surface area (Å²) in [5.41, 5.74) is 2.99. The molecule has 0 fully saturated rings. The number of nitrogens with zero attached hydrogens (tertiary/aromatic N) is 1. The van der Waals surface area contributed by atoms with Gasteiger partial charge >= 0.3 is 0 Å². The Labute approximate surface area is 136 Å². The molecule has 1 heterocycles. The van der Waals surface area contributed by atoms with Gasteiger partial charge in [-0.25, -0.2) is 4.39 Å². The van der Waals surface area contributed by atoms with Crippen molar-refractivity contribution in [2.75, 3.05) is 18.8 Å². The van der Waals surface area contributed by atoms with Gasteiger partial charge in [0.25, 0.3) is 0 Å². The highest BCUT2D eigenvalue weighted by Crippen LogP contribution is 2.21. The van der Waals surface area contributed by atoms with Crippen LogP contribution in [0.25, 0.3) is 0 Å². The average molecular weight is 318 g/mol. The molecule has 0 spiro atoms. The van der Waals surface area contributed by atoms with Crippen LogP contribution in [0, 0.1) is 5.82 Å². The summed E-state index contributed by atoms with van der Waals surface area (Å²) in [6, 6.07) is 15.5. The van der Waals surface area contributed by atoms with Crippen molar-refractivity contribution < 1.29 is 4.39 Å². The summed E-state index contributed by atoms with van der Waals surface area (Å²) in [6.07, 6.45) is 2.34. The Bertz CT molecular complexity index is 586. The Kier molecular flexibility index (Phi) is 6.43. The molecule has 0 aromatic heterocycles. The smallest absolute Gasteiger partial charge is 0.123 e. The molecule has 2 nitrogen and oxygen atoms in total. The molecule has 3 N–H and O–H groups in total. The maximum Gasteiger partial charge on any atom is 0.123 e. The van der Waals surface area contributed by atoms with Gasteiger partial charge in [-0.2, -0.15) is 0 Å². The van der Waals surface area contributed by atoms with Crippen molar-refractivity contribution in [1.82, 2.24) is 11.1 Å². The molecule has 3 rings (SSSR count). The first-order valence-corrected chi connectivity index (χ1v) is 8.47. The SMILES string of the molecule is Fc1ccc(SCCCN2CCc3ccccc3C2)cc1.N. The highest BCUT2D eigenvalue weighted by molar-refractivity contribution is 7.99. The van der Waals surface area contributed by atoms with E-state index >= 15 is 0 Å². The number of thioether (sulfide) groups is 1. The topological polar surface area (TPSA) is 38.2 Å². The van der Waals surface area contributed by atoms with Gasteiger partial charge < -0.3 is 6.15 Å². The van der Waals surface area contributed by atoms with E-state index in [9.17, 15) is 4.39 Å². The third kappa shape index (κ3) is 4.57. The number of fused-ring (bicyclic) bond motifs is 1. The van der Waals surface area contributed by atoms with Crippen molar-refractivity contribution >= 4 is 11.8 Å². The Balaban J connectivity index is 0.00000176. The second-order valence-corrected chi connectivity index (χ2v) is 6.62. The third-order valence-corrected chi connectivity index (χ3v) is 5.01. The summed E-state index contributed by atoms with van der Waals surface area (Å²) in [4.78, 5) is 3.69.